The van der Waals surface area contributed by atoms with Crippen LogP contribution >= 0.6 is 0 Å². The highest BCUT2D eigenvalue weighted by atomic mass is 16.4. The van der Waals surface area contributed by atoms with Crippen molar-refractivity contribution >= 4 is 11.9 Å². The molecule has 0 heterocycles. The third kappa shape index (κ3) is 13.4. The average molecular weight is 298 g/mol. The van der Waals surface area contributed by atoms with Gasteiger partial charge in [-0.15, -0.1) is 0 Å². The van der Waals surface area contributed by atoms with E-state index in [0.29, 0.717) is 6.42 Å². The highest BCUT2D eigenvalue weighted by Crippen LogP contribution is 2.14. The first kappa shape index (κ1) is 19.7. The molecular formula is C17H30O4. The van der Waals surface area contributed by atoms with Crippen LogP contribution in [-0.2, 0) is 9.59 Å². The van der Waals surface area contributed by atoms with Crippen LogP contribution in [0.4, 0.5) is 0 Å². The number of carboxylic acid groups (broad SMARTS) is 2. The Morgan fingerprint density at radius 2 is 1.19 bits per heavy atom. The predicted octanol–water partition coefficient (Wildman–Crippen LogP) is 4.78. The highest BCUT2D eigenvalue weighted by molar-refractivity contribution is 5.94. The smallest absolute Gasteiger partial charge is 0.331 e. The second kappa shape index (κ2) is 13.7. The zero-order chi connectivity index (χ0) is 15.9. The summed E-state index contributed by atoms with van der Waals surface area (Å²) in [5.41, 5.74) is -0.00146. The Morgan fingerprint density at radius 3 is 1.57 bits per heavy atom. The van der Waals surface area contributed by atoms with Crippen LogP contribution in [0.1, 0.15) is 84.0 Å². The molecule has 0 unspecified atom stereocenters. The lowest BCUT2D eigenvalue weighted by molar-refractivity contribution is -0.135. The summed E-state index contributed by atoms with van der Waals surface area (Å²) in [6.45, 7) is 2.22. The molecule has 0 bridgehead atoms. The van der Waals surface area contributed by atoms with Gasteiger partial charge in [-0.05, 0) is 12.8 Å². The molecule has 0 saturated carbocycles. The molecule has 0 aliphatic carbocycles. The van der Waals surface area contributed by atoms with Crippen molar-refractivity contribution in [1.82, 2.24) is 0 Å². The van der Waals surface area contributed by atoms with E-state index in [-0.39, 0.29) is 5.57 Å². The first-order chi connectivity index (χ1) is 10.1. The van der Waals surface area contributed by atoms with Crippen molar-refractivity contribution < 1.29 is 19.8 Å². The second-order valence-electron chi connectivity index (χ2n) is 5.60. The van der Waals surface area contributed by atoms with Gasteiger partial charge in [0.05, 0.1) is 0 Å². The molecule has 0 aromatic rings. The third-order valence-electron chi connectivity index (χ3n) is 3.62. The molecule has 0 aromatic carbocycles. The highest BCUT2D eigenvalue weighted by Gasteiger charge is 2.08. The van der Waals surface area contributed by atoms with Crippen molar-refractivity contribution in [1.29, 1.82) is 0 Å². The molecule has 0 radical (unpaired) electrons. The van der Waals surface area contributed by atoms with Crippen LogP contribution in [0, 0.1) is 0 Å². The average Bonchev–Trinajstić information content (AvgIpc) is 2.42. The van der Waals surface area contributed by atoms with Gasteiger partial charge < -0.3 is 10.2 Å². The molecule has 21 heavy (non-hydrogen) atoms. The molecule has 0 atom stereocenters. The zero-order valence-corrected chi connectivity index (χ0v) is 13.3. The van der Waals surface area contributed by atoms with Crippen molar-refractivity contribution in [3.05, 3.63) is 11.6 Å². The van der Waals surface area contributed by atoms with E-state index >= 15 is 0 Å². The number of hydrogen-bond acceptors (Lipinski definition) is 2. The van der Waals surface area contributed by atoms with E-state index in [1.807, 2.05) is 0 Å². The molecular weight excluding hydrogens is 268 g/mol. The van der Waals surface area contributed by atoms with Crippen LogP contribution in [0.15, 0.2) is 11.6 Å². The summed E-state index contributed by atoms with van der Waals surface area (Å²) in [6.07, 6.45) is 14.4. The van der Waals surface area contributed by atoms with Crippen molar-refractivity contribution in [3.63, 3.8) is 0 Å². The first-order valence-electron chi connectivity index (χ1n) is 8.24. The van der Waals surface area contributed by atoms with Gasteiger partial charge in [-0.1, -0.05) is 71.1 Å². The van der Waals surface area contributed by atoms with E-state index in [1.165, 1.54) is 51.4 Å². The first-order valence-corrected chi connectivity index (χ1v) is 8.24. The Kier molecular flexibility index (Phi) is 12.8. The third-order valence-corrected chi connectivity index (χ3v) is 3.62. The van der Waals surface area contributed by atoms with Gasteiger partial charge in [0.1, 0.15) is 0 Å². The number of rotatable bonds is 14. The summed E-state index contributed by atoms with van der Waals surface area (Å²) < 4.78 is 0. The maximum atomic E-state index is 10.8. The van der Waals surface area contributed by atoms with Crippen LogP contribution < -0.4 is 0 Å². The Hall–Kier alpha value is -1.32. The summed E-state index contributed by atoms with van der Waals surface area (Å²) in [4.78, 5) is 21.3. The number of unbranched alkanes of at least 4 members (excludes halogenated alkanes) is 10. The minimum atomic E-state index is -1.18. The topological polar surface area (TPSA) is 74.6 Å². The van der Waals surface area contributed by atoms with Gasteiger partial charge in [-0.3, -0.25) is 0 Å². The van der Waals surface area contributed by atoms with Crippen molar-refractivity contribution in [2.24, 2.45) is 0 Å². The summed E-state index contributed by atoms with van der Waals surface area (Å²) in [5.74, 6) is -2.31. The van der Waals surface area contributed by atoms with Crippen molar-refractivity contribution in [2.45, 2.75) is 84.0 Å². The Labute approximate surface area is 128 Å². The Bertz CT molecular complexity index is 321. The monoisotopic (exact) mass is 298 g/mol. The normalized spacial score (nSPS) is 11.6. The standard InChI is InChI=1S/C17H30O4/c1-2-3-4-5-6-7-8-9-10-11-12-13-15(17(20)21)14-16(18)19/h14H,2-13H2,1H3,(H,18,19)(H,20,21). The van der Waals surface area contributed by atoms with Gasteiger partial charge in [-0.25, -0.2) is 9.59 Å². The fourth-order valence-electron chi connectivity index (χ4n) is 2.37. The SMILES string of the molecule is CCCCCCCCCCCCCC(=CC(=O)O)C(=O)O. The minimum absolute atomic E-state index is 0.00146. The maximum absolute atomic E-state index is 10.8. The second-order valence-corrected chi connectivity index (χ2v) is 5.60. The van der Waals surface area contributed by atoms with E-state index < -0.39 is 11.9 Å². The van der Waals surface area contributed by atoms with E-state index in [0.717, 1.165) is 25.3 Å². The molecule has 0 fully saturated rings. The number of carbonyl (C=O) groups is 2. The molecule has 0 rings (SSSR count). The van der Waals surface area contributed by atoms with Gasteiger partial charge in [0.15, 0.2) is 0 Å². The summed E-state index contributed by atoms with van der Waals surface area (Å²) in [5, 5.41) is 17.4. The number of aliphatic carboxylic acids is 2. The molecule has 0 saturated heterocycles. The molecule has 0 amide bonds. The zero-order valence-electron chi connectivity index (χ0n) is 13.3. The summed E-state index contributed by atoms with van der Waals surface area (Å²) in [7, 11) is 0. The predicted molar refractivity (Wildman–Crippen MR) is 84.4 cm³/mol. The van der Waals surface area contributed by atoms with E-state index in [4.69, 9.17) is 10.2 Å². The Balaban J connectivity index is 3.46. The summed E-state index contributed by atoms with van der Waals surface area (Å²) >= 11 is 0. The molecule has 122 valence electrons. The van der Waals surface area contributed by atoms with Crippen molar-refractivity contribution in [3.8, 4) is 0 Å². The molecule has 4 nitrogen and oxygen atoms in total. The minimum Gasteiger partial charge on any atom is -0.478 e. The lowest BCUT2D eigenvalue weighted by atomic mass is 10.0. The van der Waals surface area contributed by atoms with Crippen LogP contribution in [-0.4, -0.2) is 22.2 Å². The Morgan fingerprint density at radius 1 is 0.762 bits per heavy atom. The van der Waals surface area contributed by atoms with Crippen LogP contribution in [0.2, 0.25) is 0 Å². The molecule has 4 heteroatoms. The molecule has 0 aliphatic rings. The van der Waals surface area contributed by atoms with Gasteiger partial charge in [0, 0.05) is 11.6 Å². The molecule has 0 spiro atoms. The fraction of sp³-hybridized carbons (Fsp3) is 0.765. The van der Waals surface area contributed by atoms with Gasteiger partial charge in [0.2, 0.25) is 0 Å². The van der Waals surface area contributed by atoms with Crippen LogP contribution in [0.5, 0.6) is 0 Å². The largest absolute Gasteiger partial charge is 0.478 e. The molecule has 2 N–H and O–H groups in total. The van der Waals surface area contributed by atoms with Gasteiger partial charge >= 0.3 is 11.9 Å². The van der Waals surface area contributed by atoms with Gasteiger partial charge in [0.25, 0.3) is 0 Å². The number of hydrogen-bond donors (Lipinski definition) is 2. The maximum Gasteiger partial charge on any atom is 0.331 e. The quantitative estimate of drug-likeness (QED) is 0.357. The lowest BCUT2D eigenvalue weighted by Crippen LogP contribution is -2.04. The summed E-state index contributed by atoms with van der Waals surface area (Å²) in [6, 6.07) is 0. The fourth-order valence-corrected chi connectivity index (χ4v) is 2.37. The molecule has 0 aromatic heterocycles. The van der Waals surface area contributed by atoms with E-state index in [2.05, 4.69) is 6.92 Å². The van der Waals surface area contributed by atoms with Gasteiger partial charge in [-0.2, -0.15) is 0 Å². The van der Waals surface area contributed by atoms with Crippen molar-refractivity contribution in [2.75, 3.05) is 0 Å². The van der Waals surface area contributed by atoms with E-state index in [9.17, 15) is 9.59 Å². The van der Waals surface area contributed by atoms with E-state index in [1.54, 1.807) is 0 Å². The van der Waals surface area contributed by atoms with Crippen LogP contribution in [0.3, 0.4) is 0 Å². The molecule has 0 aliphatic heterocycles. The number of carboxylic acids is 2. The van der Waals surface area contributed by atoms with Crippen LogP contribution in [0.25, 0.3) is 0 Å². The lowest BCUT2D eigenvalue weighted by Gasteiger charge is -2.03.